The van der Waals surface area contributed by atoms with Gasteiger partial charge in [-0.05, 0) is 58.6 Å². The third kappa shape index (κ3) is 4.26. The van der Waals surface area contributed by atoms with Crippen molar-refractivity contribution in [2.24, 2.45) is 10.2 Å². The molecule has 0 bridgehead atoms. The molecule has 2 aromatic rings. The summed E-state index contributed by atoms with van der Waals surface area (Å²) in [5, 5.41) is 9.52. The van der Waals surface area contributed by atoms with Gasteiger partial charge in [-0.15, -0.1) is 5.10 Å². The molecular formula is C25H24BrClN4O. The lowest BCUT2D eigenvalue weighted by Gasteiger charge is -2.31. The van der Waals surface area contributed by atoms with Crippen LogP contribution in [-0.4, -0.2) is 34.8 Å². The normalized spacial score (nSPS) is 21.6. The SMILES string of the molecule is O=C1/C(=N\N=C2\C=C(Br)N(Cc3ccccc3)C2)c2cc(Cl)ccc2N1C1CCCCC1. The molecule has 1 aliphatic carbocycles. The minimum atomic E-state index is -0.0688. The molecule has 0 N–H and O–H groups in total. The molecule has 0 radical (unpaired) electrons. The number of rotatable bonds is 4. The van der Waals surface area contributed by atoms with Crippen LogP contribution >= 0.6 is 27.5 Å². The predicted octanol–water partition coefficient (Wildman–Crippen LogP) is 5.92. The highest BCUT2D eigenvalue weighted by molar-refractivity contribution is 9.11. The van der Waals surface area contributed by atoms with Gasteiger partial charge in [0.05, 0.1) is 22.6 Å². The Balaban J connectivity index is 1.40. The van der Waals surface area contributed by atoms with Crippen molar-refractivity contribution >= 4 is 50.5 Å². The molecule has 5 nitrogen and oxygen atoms in total. The Hall–Kier alpha value is -2.44. The number of nitrogens with zero attached hydrogens (tertiary/aromatic N) is 4. The molecule has 1 fully saturated rings. The van der Waals surface area contributed by atoms with Gasteiger partial charge >= 0.3 is 0 Å². The second-order valence-corrected chi connectivity index (χ2v) is 9.73. The molecule has 0 saturated heterocycles. The number of carbonyl (C=O) groups is 1. The van der Waals surface area contributed by atoms with Gasteiger partial charge in [-0.25, -0.2) is 0 Å². The maximum atomic E-state index is 13.4. The molecule has 7 heteroatoms. The standard InChI is InChI=1S/C25H24BrClN4O/c26-23-14-19(16-30(23)15-17-7-3-1-4-8-17)28-29-24-21-13-18(27)11-12-22(21)31(25(24)32)20-9-5-2-6-10-20/h1,3-4,7-8,11-14,20H,2,5-6,9-10,15-16H2/b28-19-,29-24-. The fourth-order valence-electron chi connectivity index (χ4n) is 4.70. The van der Waals surface area contributed by atoms with E-state index in [4.69, 9.17) is 11.6 Å². The molecule has 0 atom stereocenters. The lowest BCUT2D eigenvalue weighted by molar-refractivity contribution is -0.112. The minimum absolute atomic E-state index is 0.0688. The summed E-state index contributed by atoms with van der Waals surface area (Å²) in [6.07, 6.45) is 7.56. The van der Waals surface area contributed by atoms with Gasteiger partial charge in [0.25, 0.3) is 5.91 Å². The van der Waals surface area contributed by atoms with Crippen molar-refractivity contribution in [1.82, 2.24) is 4.90 Å². The molecular weight excluding hydrogens is 488 g/mol. The van der Waals surface area contributed by atoms with Gasteiger partial charge in [0.1, 0.15) is 0 Å². The highest BCUT2D eigenvalue weighted by atomic mass is 79.9. The summed E-state index contributed by atoms with van der Waals surface area (Å²) in [5.41, 5.74) is 4.10. The lowest BCUT2D eigenvalue weighted by Crippen LogP contribution is -2.40. The maximum Gasteiger partial charge on any atom is 0.279 e. The van der Waals surface area contributed by atoms with Crippen LogP contribution in [0.15, 0.2) is 69.4 Å². The Kier molecular flexibility index (Phi) is 6.15. The largest absolute Gasteiger partial charge is 0.356 e. The van der Waals surface area contributed by atoms with Crippen LogP contribution in [0.25, 0.3) is 0 Å². The number of amides is 1. The Bertz CT molecular complexity index is 1120. The van der Waals surface area contributed by atoms with Crippen LogP contribution in [0.2, 0.25) is 5.02 Å². The van der Waals surface area contributed by atoms with Gasteiger partial charge in [-0.3, -0.25) is 4.79 Å². The first-order valence-corrected chi connectivity index (χ1v) is 12.2. The minimum Gasteiger partial charge on any atom is -0.356 e. The fraction of sp³-hybridized carbons (Fsp3) is 0.320. The van der Waals surface area contributed by atoms with Gasteiger partial charge in [-0.2, -0.15) is 5.10 Å². The Labute approximate surface area is 201 Å². The highest BCUT2D eigenvalue weighted by Crippen LogP contribution is 2.37. The van der Waals surface area contributed by atoms with Crippen molar-refractivity contribution in [3.05, 3.63) is 75.4 Å². The van der Waals surface area contributed by atoms with Gasteiger partial charge in [0, 0.05) is 23.2 Å². The van der Waals surface area contributed by atoms with Crippen LogP contribution in [0.4, 0.5) is 5.69 Å². The van der Waals surface area contributed by atoms with Gasteiger partial charge in [0.2, 0.25) is 0 Å². The van der Waals surface area contributed by atoms with Crippen molar-refractivity contribution < 1.29 is 4.79 Å². The topological polar surface area (TPSA) is 48.3 Å². The molecule has 32 heavy (non-hydrogen) atoms. The molecule has 0 spiro atoms. The summed E-state index contributed by atoms with van der Waals surface area (Å²) < 4.78 is 0.963. The molecule has 0 unspecified atom stereocenters. The van der Waals surface area contributed by atoms with E-state index in [-0.39, 0.29) is 11.9 Å². The number of anilines is 1. The van der Waals surface area contributed by atoms with E-state index in [1.54, 1.807) is 0 Å². The van der Waals surface area contributed by atoms with Crippen molar-refractivity contribution in [2.75, 3.05) is 11.4 Å². The molecule has 1 amide bonds. The molecule has 0 aromatic heterocycles. The van der Waals surface area contributed by atoms with Crippen LogP contribution in [0.3, 0.4) is 0 Å². The van der Waals surface area contributed by atoms with E-state index in [1.165, 1.54) is 12.0 Å². The zero-order chi connectivity index (χ0) is 22.1. The van der Waals surface area contributed by atoms with Crippen LogP contribution in [0, 0.1) is 0 Å². The molecule has 5 rings (SSSR count). The van der Waals surface area contributed by atoms with E-state index in [0.29, 0.717) is 17.3 Å². The summed E-state index contributed by atoms with van der Waals surface area (Å²) in [7, 11) is 0. The van der Waals surface area contributed by atoms with E-state index in [1.807, 2.05) is 47.4 Å². The summed E-state index contributed by atoms with van der Waals surface area (Å²) in [5.74, 6) is -0.0688. The average Bonchev–Trinajstić information content (AvgIpc) is 3.29. The Morgan fingerprint density at radius 1 is 1.03 bits per heavy atom. The first-order valence-electron chi connectivity index (χ1n) is 11.0. The first kappa shape index (κ1) is 21.4. The van der Waals surface area contributed by atoms with Crippen molar-refractivity contribution in [3.63, 3.8) is 0 Å². The summed E-state index contributed by atoms with van der Waals surface area (Å²) >= 11 is 9.90. The zero-order valence-corrected chi connectivity index (χ0v) is 20.0. The predicted molar refractivity (Wildman–Crippen MR) is 134 cm³/mol. The average molecular weight is 512 g/mol. The van der Waals surface area contributed by atoms with E-state index < -0.39 is 0 Å². The van der Waals surface area contributed by atoms with Gasteiger partial charge in [0.15, 0.2) is 5.71 Å². The first-order chi connectivity index (χ1) is 15.6. The van der Waals surface area contributed by atoms with Crippen molar-refractivity contribution in [2.45, 2.75) is 44.7 Å². The van der Waals surface area contributed by atoms with Crippen LogP contribution in [-0.2, 0) is 11.3 Å². The third-order valence-corrected chi connectivity index (χ3v) is 7.24. The summed E-state index contributed by atoms with van der Waals surface area (Å²) in [6, 6.07) is 16.1. The number of benzene rings is 2. The van der Waals surface area contributed by atoms with Crippen LogP contribution in [0.5, 0.6) is 0 Å². The second kappa shape index (κ2) is 9.20. The second-order valence-electron chi connectivity index (χ2n) is 8.48. The van der Waals surface area contributed by atoms with Crippen molar-refractivity contribution in [1.29, 1.82) is 0 Å². The Morgan fingerprint density at radius 3 is 2.59 bits per heavy atom. The molecule has 3 aliphatic rings. The molecule has 2 aromatic carbocycles. The molecule has 2 aliphatic heterocycles. The van der Waals surface area contributed by atoms with Crippen LogP contribution < -0.4 is 4.90 Å². The smallest absolute Gasteiger partial charge is 0.279 e. The number of carbonyl (C=O) groups excluding carboxylic acids is 1. The quantitative estimate of drug-likeness (QED) is 0.378. The summed E-state index contributed by atoms with van der Waals surface area (Å²) in [6.45, 7) is 1.41. The third-order valence-electron chi connectivity index (χ3n) is 6.27. The van der Waals surface area contributed by atoms with Gasteiger partial charge in [-0.1, -0.05) is 61.2 Å². The highest BCUT2D eigenvalue weighted by Gasteiger charge is 2.39. The lowest BCUT2D eigenvalue weighted by atomic mass is 9.94. The number of hydrogen-bond acceptors (Lipinski definition) is 4. The maximum absolute atomic E-state index is 13.4. The van der Waals surface area contributed by atoms with Crippen molar-refractivity contribution in [3.8, 4) is 0 Å². The number of hydrogen-bond donors (Lipinski definition) is 0. The van der Waals surface area contributed by atoms with E-state index in [0.717, 1.165) is 53.8 Å². The number of fused-ring (bicyclic) bond motifs is 1. The summed E-state index contributed by atoms with van der Waals surface area (Å²) in [4.78, 5) is 17.5. The van der Waals surface area contributed by atoms with Crippen LogP contribution in [0.1, 0.15) is 43.2 Å². The van der Waals surface area contributed by atoms with E-state index >= 15 is 0 Å². The zero-order valence-electron chi connectivity index (χ0n) is 17.7. The Morgan fingerprint density at radius 2 is 1.81 bits per heavy atom. The fourth-order valence-corrected chi connectivity index (χ4v) is 5.39. The van der Waals surface area contributed by atoms with E-state index in [2.05, 4.69) is 43.2 Å². The van der Waals surface area contributed by atoms with Gasteiger partial charge < -0.3 is 9.80 Å². The molecule has 2 heterocycles. The molecule has 164 valence electrons. The van der Waals surface area contributed by atoms with E-state index in [9.17, 15) is 4.79 Å². The molecule has 1 saturated carbocycles. The number of halogens is 2. The monoisotopic (exact) mass is 510 g/mol.